The normalized spacial score (nSPS) is 13.6. The van der Waals surface area contributed by atoms with Crippen LogP contribution in [0.3, 0.4) is 0 Å². The molecule has 0 aromatic heterocycles. The first-order valence-electron chi connectivity index (χ1n) is 6.58. The van der Waals surface area contributed by atoms with Crippen LogP contribution < -0.4 is 5.32 Å². The Morgan fingerprint density at radius 3 is 2.50 bits per heavy atom. The van der Waals surface area contributed by atoms with E-state index in [1.54, 1.807) is 20.1 Å². The number of carbonyl (C=O) groups excluding carboxylic acids is 1. The van der Waals surface area contributed by atoms with Crippen molar-refractivity contribution < 1.29 is 19.4 Å². The number of anilines is 1. The zero-order chi connectivity index (χ0) is 15.1. The lowest BCUT2D eigenvalue weighted by Gasteiger charge is -2.17. The third kappa shape index (κ3) is 4.35. The highest BCUT2D eigenvalue weighted by Crippen LogP contribution is 2.19. The molecule has 110 valence electrons. The van der Waals surface area contributed by atoms with Crippen LogP contribution in [0.5, 0.6) is 0 Å². The molecule has 0 aliphatic carbocycles. The summed E-state index contributed by atoms with van der Waals surface area (Å²) in [5, 5.41) is 11.7. The van der Waals surface area contributed by atoms with Crippen LogP contribution in [-0.4, -0.2) is 30.7 Å². The van der Waals surface area contributed by atoms with E-state index in [0.717, 1.165) is 5.56 Å². The number of rotatable bonds is 7. The summed E-state index contributed by atoms with van der Waals surface area (Å²) in [4.78, 5) is 23.0. The van der Waals surface area contributed by atoms with Gasteiger partial charge in [0.2, 0.25) is 5.91 Å². The molecule has 5 nitrogen and oxygen atoms in total. The molecule has 0 saturated carbocycles. The second kappa shape index (κ2) is 7.65. The third-order valence-electron chi connectivity index (χ3n) is 3.40. The monoisotopic (exact) mass is 279 g/mol. The van der Waals surface area contributed by atoms with Crippen LogP contribution in [0.2, 0.25) is 0 Å². The molecule has 2 atom stereocenters. The highest BCUT2D eigenvalue weighted by molar-refractivity contribution is 5.95. The molecular formula is C15H21NO4. The Hall–Kier alpha value is -1.88. The van der Waals surface area contributed by atoms with Gasteiger partial charge in [-0.3, -0.25) is 9.59 Å². The third-order valence-corrected chi connectivity index (χ3v) is 3.40. The molecule has 0 fully saturated rings. The van der Waals surface area contributed by atoms with E-state index in [9.17, 15) is 9.59 Å². The van der Waals surface area contributed by atoms with Crippen LogP contribution in [0.4, 0.5) is 5.69 Å². The average Bonchev–Trinajstić information content (AvgIpc) is 2.44. The zero-order valence-corrected chi connectivity index (χ0v) is 12.1. The lowest BCUT2D eigenvalue weighted by molar-refractivity contribution is -0.145. The predicted molar refractivity (Wildman–Crippen MR) is 76.6 cm³/mol. The van der Waals surface area contributed by atoms with E-state index in [0.29, 0.717) is 18.7 Å². The first-order chi connectivity index (χ1) is 9.47. The average molecular weight is 279 g/mol. The Balaban J connectivity index is 2.77. The molecule has 0 radical (unpaired) electrons. The predicted octanol–water partition coefficient (Wildman–Crippen LogP) is 2.17. The highest BCUT2D eigenvalue weighted by atomic mass is 16.5. The van der Waals surface area contributed by atoms with Crippen LogP contribution in [0.1, 0.15) is 19.4 Å². The standard InChI is InChI=1S/C15H21NO4/c1-10(11(2)15(18)19)14(17)16-13-7-5-4-6-12(13)8-9-20-3/h4-7,10-11H,8-9H2,1-3H3,(H,16,17)(H,18,19). The number of benzene rings is 1. The van der Waals surface area contributed by atoms with Crippen molar-refractivity contribution in [2.45, 2.75) is 20.3 Å². The van der Waals surface area contributed by atoms with Gasteiger partial charge in [0.15, 0.2) is 0 Å². The largest absolute Gasteiger partial charge is 0.481 e. The second-order valence-corrected chi connectivity index (χ2v) is 4.80. The van der Waals surface area contributed by atoms with Gasteiger partial charge in [0, 0.05) is 18.7 Å². The fraction of sp³-hybridized carbons (Fsp3) is 0.467. The molecule has 5 heteroatoms. The number of ether oxygens (including phenoxy) is 1. The quantitative estimate of drug-likeness (QED) is 0.802. The molecule has 2 N–H and O–H groups in total. The Morgan fingerprint density at radius 1 is 1.25 bits per heavy atom. The summed E-state index contributed by atoms with van der Waals surface area (Å²) in [6.45, 7) is 3.71. The van der Waals surface area contributed by atoms with Crippen LogP contribution >= 0.6 is 0 Å². The van der Waals surface area contributed by atoms with Crippen molar-refractivity contribution >= 4 is 17.6 Å². The first-order valence-corrected chi connectivity index (χ1v) is 6.58. The van der Waals surface area contributed by atoms with Crippen LogP contribution in [-0.2, 0) is 20.7 Å². The van der Waals surface area contributed by atoms with Gasteiger partial charge in [0.25, 0.3) is 0 Å². The molecule has 0 bridgehead atoms. The van der Waals surface area contributed by atoms with E-state index < -0.39 is 17.8 Å². The number of methoxy groups -OCH3 is 1. The van der Waals surface area contributed by atoms with E-state index in [1.165, 1.54) is 6.92 Å². The molecule has 1 aromatic carbocycles. The summed E-state index contributed by atoms with van der Waals surface area (Å²) in [5.74, 6) is -2.57. The SMILES string of the molecule is COCCc1ccccc1NC(=O)C(C)C(C)C(=O)O. The van der Waals surface area contributed by atoms with Gasteiger partial charge in [0.05, 0.1) is 12.5 Å². The molecule has 20 heavy (non-hydrogen) atoms. The Morgan fingerprint density at radius 2 is 1.90 bits per heavy atom. The van der Waals surface area contributed by atoms with Crippen molar-refractivity contribution in [2.24, 2.45) is 11.8 Å². The highest BCUT2D eigenvalue weighted by Gasteiger charge is 2.26. The number of para-hydroxylation sites is 1. The summed E-state index contributed by atoms with van der Waals surface area (Å²) in [6.07, 6.45) is 0.690. The first kappa shape index (κ1) is 16.2. The summed E-state index contributed by atoms with van der Waals surface area (Å²) >= 11 is 0. The summed E-state index contributed by atoms with van der Waals surface area (Å²) in [6, 6.07) is 7.45. The molecule has 0 saturated heterocycles. The molecule has 0 aliphatic heterocycles. The van der Waals surface area contributed by atoms with Gasteiger partial charge in [-0.1, -0.05) is 32.0 Å². The van der Waals surface area contributed by atoms with Crippen LogP contribution in [0.25, 0.3) is 0 Å². The lowest BCUT2D eigenvalue weighted by Crippen LogP contribution is -2.30. The van der Waals surface area contributed by atoms with E-state index >= 15 is 0 Å². The van der Waals surface area contributed by atoms with Gasteiger partial charge in [-0.25, -0.2) is 0 Å². The number of carboxylic acids is 1. The van der Waals surface area contributed by atoms with Gasteiger partial charge < -0.3 is 15.2 Å². The van der Waals surface area contributed by atoms with E-state index in [-0.39, 0.29) is 5.91 Å². The van der Waals surface area contributed by atoms with Gasteiger partial charge in [-0.15, -0.1) is 0 Å². The molecule has 0 heterocycles. The number of aliphatic carboxylic acids is 1. The second-order valence-electron chi connectivity index (χ2n) is 4.80. The number of hydrogen-bond acceptors (Lipinski definition) is 3. The van der Waals surface area contributed by atoms with Crippen molar-refractivity contribution in [1.29, 1.82) is 0 Å². The van der Waals surface area contributed by atoms with Crippen molar-refractivity contribution in [3.8, 4) is 0 Å². The zero-order valence-electron chi connectivity index (χ0n) is 12.1. The minimum atomic E-state index is -0.972. The maximum absolute atomic E-state index is 12.1. The Kier molecular flexibility index (Phi) is 6.18. The van der Waals surface area contributed by atoms with Gasteiger partial charge >= 0.3 is 5.97 Å². The van der Waals surface area contributed by atoms with Crippen LogP contribution in [0.15, 0.2) is 24.3 Å². The van der Waals surface area contributed by atoms with E-state index in [2.05, 4.69) is 5.32 Å². The number of amides is 1. The minimum absolute atomic E-state index is 0.287. The molecule has 1 aromatic rings. The smallest absolute Gasteiger partial charge is 0.307 e. The van der Waals surface area contributed by atoms with Crippen molar-refractivity contribution in [2.75, 3.05) is 19.0 Å². The van der Waals surface area contributed by atoms with Gasteiger partial charge in [-0.05, 0) is 18.1 Å². The summed E-state index contributed by atoms with van der Waals surface area (Å²) < 4.78 is 5.03. The molecule has 1 rings (SSSR count). The number of hydrogen-bond donors (Lipinski definition) is 2. The topological polar surface area (TPSA) is 75.6 Å². The molecule has 2 unspecified atom stereocenters. The maximum Gasteiger partial charge on any atom is 0.307 e. The van der Waals surface area contributed by atoms with Crippen molar-refractivity contribution in [3.05, 3.63) is 29.8 Å². The lowest BCUT2D eigenvalue weighted by atomic mass is 9.95. The maximum atomic E-state index is 12.1. The summed E-state index contributed by atoms with van der Waals surface area (Å²) in [5.41, 5.74) is 1.68. The van der Waals surface area contributed by atoms with Crippen molar-refractivity contribution in [3.63, 3.8) is 0 Å². The minimum Gasteiger partial charge on any atom is -0.481 e. The van der Waals surface area contributed by atoms with Gasteiger partial charge in [-0.2, -0.15) is 0 Å². The summed E-state index contributed by atoms with van der Waals surface area (Å²) in [7, 11) is 1.62. The molecule has 1 amide bonds. The fourth-order valence-electron chi connectivity index (χ4n) is 1.76. The molecule has 0 aliphatic rings. The van der Waals surface area contributed by atoms with Crippen molar-refractivity contribution in [1.82, 2.24) is 0 Å². The number of carbonyl (C=O) groups is 2. The van der Waals surface area contributed by atoms with Crippen LogP contribution in [0, 0.1) is 11.8 Å². The van der Waals surface area contributed by atoms with E-state index in [1.807, 2.05) is 18.2 Å². The molecule has 0 spiro atoms. The Bertz CT molecular complexity index is 473. The molecular weight excluding hydrogens is 258 g/mol. The van der Waals surface area contributed by atoms with E-state index in [4.69, 9.17) is 9.84 Å². The number of nitrogens with one attached hydrogen (secondary N) is 1. The fourth-order valence-corrected chi connectivity index (χ4v) is 1.76. The van der Waals surface area contributed by atoms with Gasteiger partial charge in [0.1, 0.15) is 0 Å². The number of carboxylic acid groups (broad SMARTS) is 1. The Labute approximate surface area is 118 Å².